The molecule has 0 saturated carbocycles. The van der Waals surface area contributed by atoms with Gasteiger partial charge in [0.15, 0.2) is 6.29 Å². The lowest BCUT2D eigenvalue weighted by molar-refractivity contribution is -0.194. The summed E-state index contributed by atoms with van der Waals surface area (Å²) in [6.45, 7) is 1.16. The SMILES string of the molecule is O=C[C@H]1OC[C@H](OC2CCCCO2)[C@H]1CCC=CCCC(=O)O. The maximum Gasteiger partial charge on any atom is 0.303 e. The van der Waals surface area contributed by atoms with E-state index < -0.39 is 12.1 Å². The zero-order chi connectivity index (χ0) is 16.5. The maximum atomic E-state index is 11.2. The number of carboxylic acid groups (broad SMARTS) is 1. The van der Waals surface area contributed by atoms with E-state index in [0.717, 1.165) is 45.0 Å². The lowest BCUT2D eigenvalue weighted by atomic mass is 9.94. The number of aldehydes is 1. The van der Waals surface area contributed by atoms with Crippen molar-refractivity contribution < 1.29 is 28.9 Å². The number of aliphatic carboxylic acids is 1. The Bertz CT molecular complexity index is 402. The number of ether oxygens (including phenoxy) is 3. The van der Waals surface area contributed by atoms with Gasteiger partial charge in [-0.2, -0.15) is 0 Å². The summed E-state index contributed by atoms with van der Waals surface area (Å²) >= 11 is 0. The van der Waals surface area contributed by atoms with Crippen LogP contribution in [0.3, 0.4) is 0 Å². The fraction of sp³-hybridized carbons (Fsp3) is 0.765. The quantitative estimate of drug-likeness (QED) is 0.517. The Morgan fingerprint density at radius 1 is 1.22 bits per heavy atom. The first kappa shape index (κ1) is 18.1. The summed E-state index contributed by atoms with van der Waals surface area (Å²) < 4.78 is 17.1. The minimum atomic E-state index is -0.791. The number of hydrogen-bond donors (Lipinski definition) is 1. The van der Waals surface area contributed by atoms with Gasteiger partial charge in [-0.1, -0.05) is 12.2 Å². The van der Waals surface area contributed by atoms with Crippen LogP contribution in [0, 0.1) is 5.92 Å². The molecule has 0 aromatic heterocycles. The van der Waals surface area contributed by atoms with E-state index >= 15 is 0 Å². The van der Waals surface area contributed by atoms with E-state index in [9.17, 15) is 9.59 Å². The van der Waals surface area contributed by atoms with Gasteiger partial charge in [-0.15, -0.1) is 0 Å². The second kappa shape index (κ2) is 9.80. The molecular formula is C17H26O6. The van der Waals surface area contributed by atoms with Crippen molar-refractivity contribution in [2.45, 2.75) is 63.4 Å². The third-order valence-corrected chi connectivity index (χ3v) is 4.31. The van der Waals surface area contributed by atoms with E-state index in [2.05, 4.69) is 0 Å². The van der Waals surface area contributed by atoms with Crippen molar-refractivity contribution in [1.82, 2.24) is 0 Å². The third kappa shape index (κ3) is 6.05. The molecule has 2 aliphatic rings. The molecule has 1 N–H and O–H groups in total. The standard InChI is InChI=1S/C17H26O6/c18-11-14-13(7-3-1-2-4-8-16(19)20)15(12-22-14)23-17-9-5-6-10-21-17/h1-2,11,13-15,17H,3-10,12H2,(H,19,20)/t13-,14+,15-,17?/m0/s1. The van der Waals surface area contributed by atoms with Crippen LogP contribution in [0.25, 0.3) is 0 Å². The Labute approximate surface area is 136 Å². The van der Waals surface area contributed by atoms with Crippen LogP contribution in [-0.4, -0.2) is 49.1 Å². The molecule has 23 heavy (non-hydrogen) atoms. The highest BCUT2D eigenvalue weighted by Crippen LogP contribution is 2.30. The lowest BCUT2D eigenvalue weighted by Crippen LogP contribution is -2.33. The van der Waals surface area contributed by atoms with Gasteiger partial charge in [-0.05, 0) is 38.5 Å². The molecule has 2 rings (SSSR count). The molecule has 0 aromatic rings. The van der Waals surface area contributed by atoms with E-state index in [0.29, 0.717) is 13.0 Å². The topological polar surface area (TPSA) is 82.1 Å². The summed E-state index contributed by atoms with van der Waals surface area (Å²) in [5.41, 5.74) is 0. The van der Waals surface area contributed by atoms with Crippen LogP contribution >= 0.6 is 0 Å². The van der Waals surface area contributed by atoms with E-state index in [1.54, 1.807) is 0 Å². The fourth-order valence-electron chi connectivity index (χ4n) is 3.04. The molecule has 4 atom stereocenters. The van der Waals surface area contributed by atoms with Crippen LogP contribution in [0.2, 0.25) is 0 Å². The largest absolute Gasteiger partial charge is 0.481 e. The van der Waals surface area contributed by atoms with Crippen molar-refractivity contribution in [3.05, 3.63) is 12.2 Å². The number of carbonyl (C=O) groups excluding carboxylic acids is 1. The normalized spacial score (nSPS) is 31.5. The van der Waals surface area contributed by atoms with Gasteiger partial charge in [-0.25, -0.2) is 0 Å². The molecule has 0 aromatic carbocycles. The van der Waals surface area contributed by atoms with Gasteiger partial charge in [0, 0.05) is 18.9 Å². The molecule has 2 fully saturated rings. The predicted octanol–water partition coefficient (Wildman–Crippen LogP) is 2.31. The second-order valence-electron chi connectivity index (χ2n) is 6.05. The smallest absolute Gasteiger partial charge is 0.303 e. The van der Waals surface area contributed by atoms with Gasteiger partial charge in [0.2, 0.25) is 0 Å². The van der Waals surface area contributed by atoms with Crippen LogP contribution in [0.15, 0.2) is 12.2 Å². The molecule has 2 heterocycles. The predicted molar refractivity (Wildman–Crippen MR) is 83.0 cm³/mol. The highest BCUT2D eigenvalue weighted by Gasteiger charge is 2.38. The molecule has 2 aliphatic heterocycles. The molecule has 1 unspecified atom stereocenters. The summed E-state index contributed by atoms with van der Waals surface area (Å²) in [5.74, 6) is -0.761. The Balaban J connectivity index is 1.77. The molecule has 2 saturated heterocycles. The Morgan fingerprint density at radius 3 is 2.74 bits per heavy atom. The molecule has 6 heteroatoms. The molecule has 0 spiro atoms. The number of rotatable bonds is 9. The van der Waals surface area contributed by atoms with E-state index in [-0.39, 0.29) is 24.7 Å². The number of allylic oxidation sites excluding steroid dienone is 2. The van der Waals surface area contributed by atoms with Gasteiger partial charge < -0.3 is 24.1 Å². The Kier molecular flexibility index (Phi) is 7.71. The van der Waals surface area contributed by atoms with Crippen molar-refractivity contribution >= 4 is 12.3 Å². The average Bonchev–Trinajstić information content (AvgIpc) is 2.93. The van der Waals surface area contributed by atoms with E-state index in [4.69, 9.17) is 19.3 Å². The molecule has 0 radical (unpaired) electrons. The van der Waals surface area contributed by atoms with E-state index in [1.807, 2.05) is 12.2 Å². The molecule has 0 bridgehead atoms. The molecule has 0 aliphatic carbocycles. The summed E-state index contributed by atoms with van der Waals surface area (Å²) in [4.78, 5) is 21.6. The fourth-order valence-corrected chi connectivity index (χ4v) is 3.04. The van der Waals surface area contributed by atoms with Crippen molar-refractivity contribution in [1.29, 1.82) is 0 Å². The van der Waals surface area contributed by atoms with Crippen LogP contribution in [0.1, 0.15) is 44.9 Å². The first-order chi connectivity index (χ1) is 11.2. The zero-order valence-corrected chi connectivity index (χ0v) is 13.4. The summed E-state index contributed by atoms with van der Waals surface area (Å²) in [5, 5.41) is 8.58. The minimum absolute atomic E-state index is 0.0298. The number of carbonyl (C=O) groups is 2. The average molecular weight is 326 g/mol. The Morgan fingerprint density at radius 2 is 2.04 bits per heavy atom. The van der Waals surface area contributed by atoms with Crippen molar-refractivity contribution in [2.24, 2.45) is 5.92 Å². The van der Waals surface area contributed by atoms with E-state index in [1.165, 1.54) is 0 Å². The lowest BCUT2D eigenvalue weighted by Gasteiger charge is -2.28. The van der Waals surface area contributed by atoms with Gasteiger partial charge in [0.25, 0.3) is 0 Å². The monoisotopic (exact) mass is 326 g/mol. The molecule has 130 valence electrons. The first-order valence-corrected chi connectivity index (χ1v) is 8.41. The van der Waals surface area contributed by atoms with Gasteiger partial charge >= 0.3 is 5.97 Å². The highest BCUT2D eigenvalue weighted by molar-refractivity contribution is 5.66. The molecule has 6 nitrogen and oxygen atoms in total. The van der Waals surface area contributed by atoms with Crippen molar-refractivity contribution in [3.63, 3.8) is 0 Å². The van der Waals surface area contributed by atoms with Crippen LogP contribution < -0.4 is 0 Å². The second-order valence-corrected chi connectivity index (χ2v) is 6.05. The van der Waals surface area contributed by atoms with Crippen LogP contribution in [0.4, 0.5) is 0 Å². The zero-order valence-electron chi connectivity index (χ0n) is 13.4. The summed E-state index contributed by atoms with van der Waals surface area (Å²) in [7, 11) is 0. The van der Waals surface area contributed by atoms with Crippen molar-refractivity contribution in [2.75, 3.05) is 13.2 Å². The number of hydrogen-bond acceptors (Lipinski definition) is 5. The maximum absolute atomic E-state index is 11.2. The third-order valence-electron chi connectivity index (χ3n) is 4.31. The minimum Gasteiger partial charge on any atom is -0.481 e. The van der Waals surface area contributed by atoms with Gasteiger partial charge in [0.05, 0.1) is 12.7 Å². The molecule has 0 amide bonds. The van der Waals surface area contributed by atoms with Crippen molar-refractivity contribution in [3.8, 4) is 0 Å². The van der Waals surface area contributed by atoms with Crippen LogP contribution in [0.5, 0.6) is 0 Å². The van der Waals surface area contributed by atoms with Gasteiger partial charge in [-0.3, -0.25) is 4.79 Å². The summed E-state index contributed by atoms with van der Waals surface area (Å²) in [6, 6.07) is 0. The highest BCUT2D eigenvalue weighted by atomic mass is 16.7. The van der Waals surface area contributed by atoms with Crippen LogP contribution in [-0.2, 0) is 23.8 Å². The summed E-state index contributed by atoms with van der Waals surface area (Å²) in [6.07, 6.45) is 9.29. The Hall–Kier alpha value is -1.24. The number of carboxylic acids is 1. The molecular weight excluding hydrogens is 300 g/mol. The van der Waals surface area contributed by atoms with Gasteiger partial charge in [0.1, 0.15) is 12.4 Å². The first-order valence-electron chi connectivity index (χ1n) is 8.41.